The molecule has 19 heavy (non-hydrogen) atoms. The van der Waals surface area contributed by atoms with E-state index in [1.165, 1.54) is 19.4 Å². The molecule has 1 N–H and O–H groups in total. The van der Waals surface area contributed by atoms with E-state index in [1.54, 1.807) is 0 Å². The van der Waals surface area contributed by atoms with Crippen LogP contribution >= 0.6 is 0 Å². The van der Waals surface area contributed by atoms with Crippen LogP contribution in [0.2, 0.25) is 0 Å². The Bertz CT molecular complexity index is 334. The van der Waals surface area contributed by atoms with Gasteiger partial charge in [-0.25, -0.2) is 0 Å². The quantitative estimate of drug-likeness (QED) is 0.703. The van der Waals surface area contributed by atoms with Crippen molar-refractivity contribution in [2.45, 2.75) is 59.7 Å². The van der Waals surface area contributed by atoms with E-state index in [2.05, 4.69) is 48.2 Å². The molecule has 0 amide bonds. The Hall–Kier alpha value is -0.940. The molecule has 5 heteroatoms. The van der Waals surface area contributed by atoms with Crippen molar-refractivity contribution >= 4 is 0 Å². The van der Waals surface area contributed by atoms with Gasteiger partial charge in [0.1, 0.15) is 0 Å². The summed E-state index contributed by atoms with van der Waals surface area (Å²) in [6.07, 6.45) is 4.57. The lowest BCUT2D eigenvalue weighted by molar-refractivity contribution is 0.266. The highest BCUT2D eigenvalue weighted by atomic mass is 15.4. The number of unbranched alkanes of at least 4 members (excludes halogenated alkanes) is 1. The number of nitrogens with zero attached hydrogens (tertiary/aromatic N) is 4. The number of aromatic nitrogens is 3. The van der Waals surface area contributed by atoms with Crippen molar-refractivity contribution < 1.29 is 0 Å². The summed E-state index contributed by atoms with van der Waals surface area (Å²) >= 11 is 0. The summed E-state index contributed by atoms with van der Waals surface area (Å²) in [5.74, 6) is 0. The number of rotatable bonds is 10. The molecular weight excluding hydrogens is 238 g/mol. The molecule has 1 heterocycles. The Morgan fingerprint density at radius 1 is 1.32 bits per heavy atom. The van der Waals surface area contributed by atoms with Gasteiger partial charge in [-0.05, 0) is 19.5 Å². The normalized spacial score (nSPS) is 11.7. The lowest BCUT2D eigenvalue weighted by Gasteiger charge is -2.19. The van der Waals surface area contributed by atoms with Crippen molar-refractivity contribution in [3.05, 3.63) is 11.9 Å². The van der Waals surface area contributed by atoms with Crippen LogP contribution in [-0.4, -0.2) is 45.6 Å². The van der Waals surface area contributed by atoms with Gasteiger partial charge in [-0.2, -0.15) is 0 Å². The average Bonchev–Trinajstić information content (AvgIpc) is 2.84. The van der Waals surface area contributed by atoms with Gasteiger partial charge in [-0.1, -0.05) is 39.3 Å². The van der Waals surface area contributed by atoms with Crippen LogP contribution < -0.4 is 5.32 Å². The predicted octanol–water partition coefficient (Wildman–Crippen LogP) is 1.90. The molecule has 0 aliphatic heterocycles. The second kappa shape index (κ2) is 9.04. The molecule has 0 spiro atoms. The van der Waals surface area contributed by atoms with E-state index in [0.717, 1.165) is 31.9 Å². The second-order valence-electron chi connectivity index (χ2n) is 5.30. The van der Waals surface area contributed by atoms with Crippen LogP contribution in [0.5, 0.6) is 0 Å². The third-order valence-corrected chi connectivity index (χ3v) is 3.20. The van der Waals surface area contributed by atoms with Crippen LogP contribution in [0.3, 0.4) is 0 Å². The molecule has 0 unspecified atom stereocenters. The molecule has 5 nitrogen and oxygen atoms in total. The maximum Gasteiger partial charge on any atom is 0.0964 e. The van der Waals surface area contributed by atoms with Gasteiger partial charge < -0.3 is 10.2 Å². The fraction of sp³-hybridized carbons (Fsp3) is 0.857. The van der Waals surface area contributed by atoms with Crippen molar-refractivity contribution in [1.29, 1.82) is 0 Å². The summed E-state index contributed by atoms with van der Waals surface area (Å²) in [7, 11) is 0. The Balaban J connectivity index is 2.32. The number of hydrogen-bond acceptors (Lipinski definition) is 4. The third kappa shape index (κ3) is 6.68. The van der Waals surface area contributed by atoms with Crippen molar-refractivity contribution in [1.82, 2.24) is 25.2 Å². The first-order valence-corrected chi connectivity index (χ1v) is 7.50. The first kappa shape index (κ1) is 16.1. The van der Waals surface area contributed by atoms with Crippen LogP contribution in [0.15, 0.2) is 6.20 Å². The van der Waals surface area contributed by atoms with E-state index in [0.29, 0.717) is 6.04 Å². The summed E-state index contributed by atoms with van der Waals surface area (Å²) in [5, 5.41) is 11.7. The van der Waals surface area contributed by atoms with E-state index in [9.17, 15) is 0 Å². The molecular formula is C14H29N5. The molecule has 0 aliphatic rings. The SMILES string of the molecule is CCCCN(CC)CCn1cc(CNC(C)C)nn1. The van der Waals surface area contributed by atoms with E-state index < -0.39 is 0 Å². The van der Waals surface area contributed by atoms with Gasteiger partial charge in [-0.3, -0.25) is 4.68 Å². The molecule has 0 atom stereocenters. The number of hydrogen-bond donors (Lipinski definition) is 1. The molecule has 1 aromatic heterocycles. The van der Waals surface area contributed by atoms with Crippen molar-refractivity contribution in [2.75, 3.05) is 19.6 Å². The predicted molar refractivity (Wildman–Crippen MR) is 79.0 cm³/mol. The van der Waals surface area contributed by atoms with Crippen LogP contribution in [0.4, 0.5) is 0 Å². The smallest absolute Gasteiger partial charge is 0.0964 e. The first-order valence-electron chi connectivity index (χ1n) is 7.50. The zero-order valence-electron chi connectivity index (χ0n) is 12.9. The summed E-state index contributed by atoms with van der Waals surface area (Å²) in [4.78, 5) is 2.47. The number of nitrogens with one attached hydrogen (secondary N) is 1. The molecule has 0 aliphatic carbocycles. The van der Waals surface area contributed by atoms with Gasteiger partial charge in [0, 0.05) is 25.3 Å². The standard InChI is InChI=1S/C14H29N5/c1-5-7-8-18(6-2)9-10-19-12-14(16-17-19)11-15-13(3)4/h12-13,15H,5-11H2,1-4H3. The van der Waals surface area contributed by atoms with Gasteiger partial charge in [0.05, 0.1) is 12.2 Å². The van der Waals surface area contributed by atoms with Crippen molar-refractivity contribution in [3.8, 4) is 0 Å². The maximum absolute atomic E-state index is 4.19. The van der Waals surface area contributed by atoms with Crippen molar-refractivity contribution in [2.24, 2.45) is 0 Å². The minimum absolute atomic E-state index is 0.481. The Labute approximate surface area is 117 Å². The molecule has 0 saturated heterocycles. The molecule has 110 valence electrons. The molecule has 0 saturated carbocycles. The van der Waals surface area contributed by atoms with E-state index in [4.69, 9.17) is 0 Å². The lowest BCUT2D eigenvalue weighted by atomic mass is 10.3. The van der Waals surface area contributed by atoms with Crippen LogP contribution in [0.25, 0.3) is 0 Å². The molecule has 1 aromatic rings. The fourth-order valence-electron chi connectivity index (χ4n) is 1.89. The molecule has 0 bridgehead atoms. The highest BCUT2D eigenvalue weighted by molar-refractivity contribution is 4.91. The fourth-order valence-corrected chi connectivity index (χ4v) is 1.89. The highest BCUT2D eigenvalue weighted by Crippen LogP contribution is 1.98. The molecule has 0 fully saturated rings. The molecule has 1 rings (SSSR count). The Morgan fingerprint density at radius 3 is 2.74 bits per heavy atom. The summed E-state index contributed by atoms with van der Waals surface area (Å²) in [6.45, 7) is 13.8. The zero-order valence-corrected chi connectivity index (χ0v) is 12.9. The Morgan fingerprint density at radius 2 is 2.11 bits per heavy atom. The topological polar surface area (TPSA) is 46.0 Å². The maximum atomic E-state index is 4.19. The van der Waals surface area contributed by atoms with Crippen LogP contribution in [0, 0.1) is 0 Å². The largest absolute Gasteiger partial charge is 0.309 e. The van der Waals surface area contributed by atoms with E-state index in [1.807, 2.05) is 10.9 Å². The number of likely N-dealkylation sites (N-methyl/N-ethyl adjacent to an activating group) is 1. The summed E-state index contributed by atoms with van der Waals surface area (Å²) in [6, 6.07) is 0.481. The summed E-state index contributed by atoms with van der Waals surface area (Å²) in [5.41, 5.74) is 1.02. The average molecular weight is 267 g/mol. The van der Waals surface area contributed by atoms with Gasteiger partial charge >= 0.3 is 0 Å². The van der Waals surface area contributed by atoms with E-state index in [-0.39, 0.29) is 0 Å². The van der Waals surface area contributed by atoms with Crippen molar-refractivity contribution in [3.63, 3.8) is 0 Å². The monoisotopic (exact) mass is 267 g/mol. The summed E-state index contributed by atoms with van der Waals surface area (Å²) < 4.78 is 1.95. The second-order valence-corrected chi connectivity index (χ2v) is 5.30. The highest BCUT2D eigenvalue weighted by Gasteiger charge is 2.04. The minimum atomic E-state index is 0.481. The minimum Gasteiger partial charge on any atom is -0.309 e. The van der Waals surface area contributed by atoms with Gasteiger partial charge in [0.15, 0.2) is 0 Å². The third-order valence-electron chi connectivity index (χ3n) is 3.20. The zero-order chi connectivity index (χ0) is 14.1. The van der Waals surface area contributed by atoms with Gasteiger partial charge in [0.25, 0.3) is 0 Å². The Kier molecular flexibility index (Phi) is 7.67. The van der Waals surface area contributed by atoms with E-state index >= 15 is 0 Å². The molecule has 0 aromatic carbocycles. The lowest BCUT2D eigenvalue weighted by Crippen LogP contribution is -2.28. The van der Waals surface area contributed by atoms with Gasteiger partial charge in [-0.15, -0.1) is 5.10 Å². The van der Waals surface area contributed by atoms with Crippen LogP contribution in [-0.2, 0) is 13.1 Å². The van der Waals surface area contributed by atoms with Crippen LogP contribution in [0.1, 0.15) is 46.2 Å². The molecule has 0 radical (unpaired) electrons. The first-order chi connectivity index (χ1) is 9.15. The van der Waals surface area contributed by atoms with Gasteiger partial charge in [0.2, 0.25) is 0 Å².